The van der Waals surface area contributed by atoms with Gasteiger partial charge in [0.05, 0.1) is 6.61 Å². The fourth-order valence-corrected chi connectivity index (χ4v) is 2.74. The average Bonchev–Trinajstić information content (AvgIpc) is 2.82. The molecule has 0 spiro atoms. The van der Waals surface area contributed by atoms with Crippen molar-refractivity contribution in [3.63, 3.8) is 0 Å². The molecule has 0 radical (unpaired) electrons. The van der Waals surface area contributed by atoms with Gasteiger partial charge in [0.1, 0.15) is 11.6 Å². The molecule has 0 saturated carbocycles. The third-order valence-corrected chi connectivity index (χ3v) is 3.63. The predicted molar refractivity (Wildman–Crippen MR) is 60.1 cm³/mol. The van der Waals surface area contributed by atoms with Gasteiger partial charge in [0.2, 0.25) is 0 Å². The highest BCUT2D eigenvalue weighted by Crippen LogP contribution is 2.31. The van der Waals surface area contributed by atoms with Gasteiger partial charge in [-0.25, -0.2) is 4.39 Å². The van der Waals surface area contributed by atoms with Crippen LogP contribution in [0.4, 0.5) is 4.39 Å². The smallest absolute Gasteiger partial charge is 0.126 e. The van der Waals surface area contributed by atoms with E-state index in [9.17, 15) is 4.39 Å². The van der Waals surface area contributed by atoms with Crippen molar-refractivity contribution in [2.24, 2.45) is 5.92 Å². The Morgan fingerprint density at radius 2 is 2.31 bits per heavy atom. The summed E-state index contributed by atoms with van der Waals surface area (Å²) in [6.07, 6.45) is 3.51. The lowest BCUT2D eigenvalue weighted by molar-refractivity contribution is 0.191. The first-order chi connectivity index (χ1) is 7.83. The maximum Gasteiger partial charge on any atom is 0.126 e. The van der Waals surface area contributed by atoms with E-state index in [0.29, 0.717) is 18.6 Å². The zero-order valence-corrected chi connectivity index (χ0v) is 9.21. The van der Waals surface area contributed by atoms with E-state index in [-0.39, 0.29) is 5.82 Å². The summed E-state index contributed by atoms with van der Waals surface area (Å²) in [6.45, 7) is 1.84. The number of ether oxygens (including phenoxy) is 1. The van der Waals surface area contributed by atoms with Gasteiger partial charge in [0.25, 0.3) is 0 Å². The van der Waals surface area contributed by atoms with Crippen LogP contribution in [0.15, 0.2) is 18.2 Å². The normalized spacial score (nSPS) is 28.6. The van der Waals surface area contributed by atoms with Crippen molar-refractivity contribution in [3.8, 4) is 5.75 Å². The molecule has 1 aromatic carbocycles. The molecule has 1 N–H and O–H groups in total. The second-order valence-electron chi connectivity index (χ2n) is 4.73. The third kappa shape index (κ3) is 1.80. The quantitative estimate of drug-likeness (QED) is 0.784. The van der Waals surface area contributed by atoms with Gasteiger partial charge in [-0.3, -0.25) is 0 Å². The summed E-state index contributed by atoms with van der Waals surface area (Å²) in [5, 5.41) is 3.51. The van der Waals surface area contributed by atoms with E-state index >= 15 is 0 Å². The highest BCUT2D eigenvalue weighted by Gasteiger charge is 2.29. The minimum atomic E-state index is -0.212. The highest BCUT2D eigenvalue weighted by molar-refractivity contribution is 5.36. The molecular formula is C13H16FNO. The zero-order chi connectivity index (χ0) is 11.0. The first-order valence-electron chi connectivity index (χ1n) is 5.97. The SMILES string of the molecule is Fc1ccc2c(c1)OCC(C1CCCN1)C2. The van der Waals surface area contributed by atoms with Gasteiger partial charge in [-0.15, -0.1) is 0 Å². The van der Waals surface area contributed by atoms with E-state index in [0.717, 1.165) is 24.3 Å². The van der Waals surface area contributed by atoms with E-state index in [1.807, 2.05) is 6.07 Å². The Bertz CT molecular complexity index is 388. The topological polar surface area (TPSA) is 21.3 Å². The molecule has 0 amide bonds. The Morgan fingerprint density at radius 3 is 3.12 bits per heavy atom. The lowest BCUT2D eigenvalue weighted by Gasteiger charge is -2.29. The van der Waals surface area contributed by atoms with Crippen molar-refractivity contribution in [2.75, 3.05) is 13.2 Å². The molecule has 0 aromatic heterocycles. The second-order valence-corrected chi connectivity index (χ2v) is 4.73. The van der Waals surface area contributed by atoms with E-state index in [4.69, 9.17) is 4.74 Å². The zero-order valence-electron chi connectivity index (χ0n) is 9.21. The summed E-state index contributed by atoms with van der Waals surface area (Å²) >= 11 is 0. The van der Waals surface area contributed by atoms with E-state index in [1.165, 1.54) is 25.0 Å². The van der Waals surface area contributed by atoms with Gasteiger partial charge >= 0.3 is 0 Å². The van der Waals surface area contributed by atoms with Crippen LogP contribution < -0.4 is 10.1 Å². The van der Waals surface area contributed by atoms with Gasteiger partial charge in [0.15, 0.2) is 0 Å². The standard InChI is InChI=1S/C13H16FNO/c14-11-4-3-9-6-10(8-16-13(9)7-11)12-2-1-5-15-12/h3-4,7,10,12,15H,1-2,5-6,8H2. The van der Waals surface area contributed by atoms with Crippen LogP contribution >= 0.6 is 0 Å². The van der Waals surface area contributed by atoms with Gasteiger partial charge in [0, 0.05) is 18.0 Å². The van der Waals surface area contributed by atoms with Crippen LogP contribution in [0.2, 0.25) is 0 Å². The molecule has 3 heteroatoms. The largest absolute Gasteiger partial charge is 0.493 e. The van der Waals surface area contributed by atoms with Crippen LogP contribution in [0.1, 0.15) is 18.4 Å². The Balaban J connectivity index is 1.78. The molecule has 86 valence electrons. The van der Waals surface area contributed by atoms with Crippen LogP contribution in [0, 0.1) is 11.7 Å². The summed E-state index contributed by atoms with van der Waals surface area (Å²) in [7, 11) is 0. The van der Waals surface area contributed by atoms with Crippen molar-refractivity contribution in [2.45, 2.75) is 25.3 Å². The number of hydrogen-bond donors (Lipinski definition) is 1. The van der Waals surface area contributed by atoms with Gasteiger partial charge in [-0.05, 0) is 37.4 Å². The predicted octanol–water partition coefficient (Wildman–Crippen LogP) is 2.13. The summed E-state index contributed by atoms with van der Waals surface area (Å²) in [6, 6.07) is 5.45. The van der Waals surface area contributed by atoms with E-state index in [1.54, 1.807) is 0 Å². The van der Waals surface area contributed by atoms with Crippen molar-refractivity contribution in [1.29, 1.82) is 0 Å². The van der Waals surface area contributed by atoms with Crippen LogP contribution in [0.25, 0.3) is 0 Å². The minimum Gasteiger partial charge on any atom is -0.493 e. The highest BCUT2D eigenvalue weighted by atomic mass is 19.1. The summed E-state index contributed by atoms with van der Waals surface area (Å²) in [5.41, 5.74) is 1.14. The van der Waals surface area contributed by atoms with Crippen LogP contribution in [-0.2, 0) is 6.42 Å². The molecule has 2 nitrogen and oxygen atoms in total. The first-order valence-corrected chi connectivity index (χ1v) is 5.97. The Kier molecular flexibility index (Phi) is 2.56. The molecule has 2 aliphatic rings. The molecule has 16 heavy (non-hydrogen) atoms. The number of fused-ring (bicyclic) bond motifs is 1. The molecule has 1 saturated heterocycles. The lowest BCUT2D eigenvalue weighted by Crippen LogP contribution is -2.37. The number of nitrogens with one attached hydrogen (secondary N) is 1. The fraction of sp³-hybridized carbons (Fsp3) is 0.538. The van der Waals surface area contributed by atoms with Gasteiger partial charge in [-0.2, -0.15) is 0 Å². The first kappa shape index (κ1) is 10.1. The molecule has 2 heterocycles. The number of hydrogen-bond acceptors (Lipinski definition) is 2. The third-order valence-electron chi connectivity index (χ3n) is 3.63. The molecule has 1 aromatic rings. The lowest BCUT2D eigenvalue weighted by atomic mass is 9.89. The average molecular weight is 221 g/mol. The van der Waals surface area contributed by atoms with Crippen molar-refractivity contribution < 1.29 is 9.13 Å². The Morgan fingerprint density at radius 1 is 1.38 bits per heavy atom. The number of benzene rings is 1. The molecule has 1 fully saturated rings. The monoisotopic (exact) mass is 221 g/mol. The summed E-state index contributed by atoms with van der Waals surface area (Å²) in [5.74, 6) is 1.06. The van der Waals surface area contributed by atoms with Gasteiger partial charge in [-0.1, -0.05) is 6.07 Å². The molecule has 2 aliphatic heterocycles. The molecule has 3 rings (SSSR count). The molecule has 0 aliphatic carbocycles. The van der Waals surface area contributed by atoms with Crippen LogP contribution in [0.5, 0.6) is 5.75 Å². The van der Waals surface area contributed by atoms with Crippen molar-refractivity contribution >= 4 is 0 Å². The minimum absolute atomic E-state index is 0.212. The van der Waals surface area contributed by atoms with Crippen molar-refractivity contribution in [3.05, 3.63) is 29.6 Å². The van der Waals surface area contributed by atoms with Crippen LogP contribution in [0.3, 0.4) is 0 Å². The molecule has 2 atom stereocenters. The Labute approximate surface area is 94.8 Å². The number of halogens is 1. The number of rotatable bonds is 1. The maximum absolute atomic E-state index is 13.0. The molecule has 0 bridgehead atoms. The van der Waals surface area contributed by atoms with E-state index < -0.39 is 0 Å². The Hall–Kier alpha value is -1.09. The van der Waals surface area contributed by atoms with Crippen molar-refractivity contribution in [1.82, 2.24) is 5.32 Å². The second kappa shape index (κ2) is 4.06. The van der Waals surface area contributed by atoms with E-state index in [2.05, 4.69) is 5.32 Å². The summed E-state index contributed by atoms with van der Waals surface area (Å²) < 4.78 is 18.6. The van der Waals surface area contributed by atoms with Crippen LogP contribution in [-0.4, -0.2) is 19.2 Å². The molecule has 2 unspecified atom stereocenters. The molecular weight excluding hydrogens is 205 g/mol. The van der Waals surface area contributed by atoms with Gasteiger partial charge < -0.3 is 10.1 Å². The summed E-state index contributed by atoms with van der Waals surface area (Å²) in [4.78, 5) is 0. The maximum atomic E-state index is 13.0. The fourth-order valence-electron chi connectivity index (χ4n) is 2.74.